The van der Waals surface area contributed by atoms with Crippen LogP contribution in [0.4, 0.5) is 0 Å². The van der Waals surface area contributed by atoms with E-state index >= 15 is 0 Å². The van der Waals surface area contributed by atoms with Crippen molar-refractivity contribution in [3.8, 4) is 0 Å². The van der Waals surface area contributed by atoms with Crippen LogP contribution in [0.25, 0.3) is 0 Å². The molecule has 7 nitrogen and oxygen atoms in total. The van der Waals surface area contributed by atoms with Crippen LogP contribution < -0.4 is 0 Å². The molecule has 0 spiro atoms. The molecular formula is C8H12N2O5. The van der Waals surface area contributed by atoms with E-state index in [0.29, 0.717) is 0 Å². The summed E-state index contributed by atoms with van der Waals surface area (Å²) >= 11 is 0. The van der Waals surface area contributed by atoms with Gasteiger partial charge in [0.2, 0.25) is 0 Å². The van der Waals surface area contributed by atoms with Crippen LogP contribution in [-0.2, 0) is 14.3 Å². The molecule has 0 aliphatic carbocycles. The highest BCUT2D eigenvalue weighted by Crippen LogP contribution is 2.25. The van der Waals surface area contributed by atoms with Crippen LogP contribution in [0.15, 0.2) is 5.29 Å². The molecule has 0 aromatic carbocycles. The summed E-state index contributed by atoms with van der Waals surface area (Å²) in [6, 6.07) is 0. The summed E-state index contributed by atoms with van der Waals surface area (Å²) in [6.45, 7) is 0.265. The number of hydrogen-bond acceptors (Lipinski definition) is 5. The van der Waals surface area contributed by atoms with Crippen LogP contribution in [0.5, 0.6) is 0 Å². The Morgan fingerprint density at radius 3 is 2.60 bits per heavy atom. The van der Waals surface area contributed by atoms with E-state index < -0.39 is 23.8 Å². The predicted molar refractivity (Wildman–Crippen MR) is 48.6 cm³/mol. The zero-order chi connectivity index (χ0) is 11.4. The first-order valence-corrected chi connectivity index (χ1v) is 4.49. The van der Waals surface area contributed by atoms with Crippen LogP contribution in [0.3, 0.4) is 0 Å². The van der Waals surface area contributed by atoms with Gasteiger partial charge in [0.15, 0.2) is 0 Å². The average molecular weight is 216 g/mol. The summed E-state index contributed by atoms with van der Waals surface area (Å²) < 4.78 is 4.49. The number of esters is 1. The van der Waals surface area contributed by atoms with Crippen molar-refractivity contribution in [2.75, 3.05) is 20.2 Å². The number of piperidine rings is 1. The number of carbonyl (C=O) groups is 2. The lowest BCUT2D eigenvalue weighted by atomic mass is 9.86. The Kier molecular flexibility index (Phi) is 3.59. The lowest BCUT2D eigenvalue weighted by molar-refractivity contribution is -0.159. The maximum Gasteiger partial charge on any atom is 0.311 e. The second kappa shape index (κ2) is 4.72. The predicted octanol–water partition coefficient (Wildman–Crippen LogP) is -0.137. The summed E-state index contributed by atoms with van der Waals surface area (Å²) in [6.07, 6.45) is 0.223. The van der Waals surface area contributed by atoms with E-state index in [1.165, 1.54) is 7.11 Å². The normalized spacial score (nSPS) is 25.8. The summed E-state index contributed by atoms with van der Waals surface area (Å²) in [5.74, 6) is -3.28. The number of methoxy groups -OCH3 is 1. The van der Waals surface area contributed by atoms with Crippen molar-refractivity contribution in [2.45, 2.75) is 6.42 Å². The number of nitroso groups, excluding NO2 is 1. The van der Waals surface area contributed by atoms with Crippen molar-refractivity contribution in [2.24, 2.45) is 17.1 Å². The number of aliphatic carboxylic acids is 1. The highest BCUT2D eigenvalue weighted by atomic mass is 16.5. The molecule has 1 saturated heterocycles. The number of nitrogens with zero attached hydrogens (tertiary/aromatic N) is 2. The molecule has 84 valence electrons. The average Bonchev–Trinajstić information content (AvgIpc) is 2.26. The van der Waals surface area contributed by atoms with E-state index in [-0.39, 0.29) is 19.5 Å². The van der Waals surface area contributed by atoms with Gasteiger partial charge in [-0.05, 0) is 6.42 Å². The third kappa shape index (κ3) is 2.42. The van der Waals surface area contributed by atoms with Gasteiger partial charge >= 0.3 is 11.9 Å². The van der Waals surface area contributed by atoms with Gasteiger partial charge in [0, 0.05) is 6.54 Å². The zero-order valence-electron chi connectivity index (χ0n) is 8.25. The molecule has 15 heavy (non-hydrogen) atoms. The second-order valence-corrected chi connectivity index (χ2v) is 3.36. The SMILES string of the molecule is COC(=O)C1CN(N=O)CCC1C(=O)O. The van der Waals surface area contributed by atoms with Crippen molar-refractivity contribution in [1.82, 2.24) is 5.01 Å². The molecule has 0 radical (unpaired) electrons. The highest BCUT2D eigenvalue weighted by Gasteiger charge is 2.39. The number of ether oxygens (including phenoxy) is 1. The van der Waals surface area contributed by atoms with Gasteiger partial charge in [-0.3, -0.25) is 14.6 Å². The topological polar surface area (TPSA) is 96.3 Å². The van der Waals surface area contributed by atoms with Gasteiger partial charge in [0.25, 0.3) is 0 Å². The molecule has 7 heteroatoms. The molecule has 1 aliphatic heterocycles. The van der Waals surface area contributed by atoms with E-state index in [1.54, 1.807) is 0 Å². The second-order valence-electron chi connectivity index (χ2n) is 3.36. The number of carboxylic acids is 1. The highest BCUT2D eigenvalue weighted by molar-refractivity contribution is 5.81. The van der Waals surface area contributed by atoms with E-state index in [0.717, 1.165) is 5.01 Å². The minimum Gasteiger partial charge on any atom is -0.481 e. The molecule has 0 saturated carbocycles. The summed E-state index contributed by atoms with van der Waals surface area (Å²) in [5.41, 5.74) is 0. The summed E-state index contributed by atoms with van der Waals surface area (Å²) in [5, 5.41) is 12.7. The van der Waals surface area contributed by atoms with Crippen molar-refractivity contribution in [1.29, 1.82) is 0 Å². The Morgan fingerprint density at radius 2 is 2.13 bits per heavy atom. The maximum atomic E-state index is 11.3. The van der Waals surface area contributed by atoms with E-state index in [1.807, 2.05) is 0 Å². The molecule has 1 heterocycles. The molecular weight excluding hydrogens is 204 g/mol. The first-order chi connectivity index (χ1) is 7.10. The van der Waals surface area contributed by atoms with Gasteiger partial charge in [0.05, 0.1) is 30.8 Å². The minimum absolute atomic E-state index is 0.00708. The standard InChI is InChI=1S/C8H12N2O5/c1-15-8(13)6-4-10(9-14)3-2-5(6)7(11)12/h5-6H,2-4H2,1H3,(H,11,12). The molecule has 2 atom stereocenters. The Labute approximate surface area is 85.9 Å². The first-order valence-electron chi connectivity index (χ1n) is 4.49. The van der Waals surface area contributed by atoms with Crippen molar-refractivity contribution >= 4 is 11.9 Å². The van der Waals surface area contributed by atoms with Gasteiger partial charge in [-0.15, -0.1) is 4.91 Å². The van der Waals surface area contributed by atoms with Crippen LogP contribution in [0.1, 0.15) is 6.42 Å². The minimum atomic E-state index is -1.05. The van der Waals surface area contributed by atoms with Crippen molar-refractivity contribution in [3.05, 3.63) is 4.91 Å². The maximum absolute atomic E-state index is 11.3. The van der Waals surface area contributed by atoms with Gasteiger partial charge in [-0.25, -0.2) is 0 Å². The fraction of sp³-hybridized carbons (Fsp3) is 0.750. The summed E-state index contributed by atoms with van der Waals surface area (Å²) in [7, 11) is 1.19. The Balaban J connectivity index is 2.77. The molecule has 1 N–H and O–H groups in total. The number of carboxylic acid groups (broad SMARTS) is 1. The molecule has 0 aromatic rings. The molecule has 0 bridgehead atoms. The van der Waals surface area contributed by atoms with Crippen LogP contribution >= 0.6 is 0 Å². The molecule has 2 unspecified atom stereocenters. The van der Waals surface area contributed by atoms with E-state index in [4.69, 9.17) is 5.11 Å². The van der Waals surface area contributed by atoms with E-state index in [2.05, 4.69) is 10.0 Å². The molecule has 0 amide bonds. The van der Waals surface area contributed by atoms with Gasteiger partial charge in [-0.2, -0.15) is 0 Å². The van der Waals surface area contributed by atoms with Crippen LogP contribution in [0.2, 0.25) is 0 Å². The third-order valence-corrected chi connectivity index (χ3v) is 2.53. The van der Waals surface area contributed by atoms with Crippen molar-refractivity contribution < 1.29 is 19.4 Å². The first kappa shape index (κ1) is 11.4. The number of rotatable bonds is 3. The quantitative estimate of drug-likeness (QED) is 0.521. The van der Waals surface area contributed by atoms with Gasteiger partial charge in [0.1, 0.15) is 0 Å². The third-order valence-electron chi connectivity index (χ3n) is 2.53. The lowest BCUT2D eigenvalue weighted by Crippen LogP contribution is -2.44. The monoisotopic (exact) mass is 216 g/mol. The van der Waals surface area contributed by atoms with Crippen LogP contribution in [0, 0.1) is 16.7 Å². The largest absolute Gasteiger partial charge is 0.481 e. The molecule has 1 aliphatic rings. The van der Waals surface area contributed by atoms with Gasteiger partial charge < -0.3 is 9.84 Å². The Morgan fingerprint density at radius 1 is 1.47 bits per heavy atom. The van der Waals surface area contributed by atoms with E-state index in [9.17, 15) is 14.5 Å². The number of hydrogen-bond donors (Lipinski definition) is 1. The Hall–Kier alpha value is -1.66. The molecule has 1 rings (SSSR count). The summed E-state index contributed by atoms with van der Waals surface area (Å²) in [4.78, 5) is 32.4. The van der Waals surface area contributed by atoms with Crippen LogP contribution in [-0.4, -0.2) is 42.3 Å². The van der Waals surface area contributed by atoms with Crippen molar-refractivity contribution in [3.63, 3.8) is 0 Å². The zero-order valence-corrected chi connectivity index (χ0v) is 8.25. The van der Waals surface area contributed by atoms with Gasteiger partial charge in [-0.1, -0.05) is 0 Å². The Bertz CT molecular complexity index is 280. The smallest absolute Gasteiger partial charge is 0.311 e. The fourth-order valence-corrected chi connectivity index (χ4v) is 1.69. The number of carbonyl (C=O) groups excluding carboxylic acids is 1. The fourth-order valence-electron chi connectivity index (χ4n) is 1.69. The molecule has 1 fully saturated rings. The lowest BCUT2D eigenvalue weighted by Gasteiger charge is -2.31. The molecule has 0 aromatic heterocycles.